The second-order valence-electron chi connectivity index (χ2n) is 4.63. The molecule has 114 valence electrons. The first-order valence-corrected chi connectivity index (χ1v) is 5.77. The molecule has 1 heterocycles. The molecule has 0 bridgehead atoms. The number of aryl methyl sites for hydroxylation is 1. The quantitative estimate of drug-likeness (QED) is 0.647. The molecule has 1 aromatic carbocycles. The number of hydrogen-bond donors (Lipinski definition) is 1. The molecule has 0 spiro atoms. The van der Waals surface area contributed by atoms with Crippen molar-refractivity contribution >= 4 is 16.7 Å². The Kier molecular flexibility index (Phi) is 3.51. The maximum absolute atomic E-state index is 12.6. The lowest BCUT2D eigenvalue weighted by atomic mass is 9.95. The molecule has 0 amide bonds. The van der Waals surface area contributed by atoms with Crippen LogP contribution in [0.25, 0.3) is 10.9 Å². The molecule has 0 aliphatic carbocycles. The SMILES string of the molecule is Cc1ccc2[nH]cc(C(=O)C(C(F)(F)F)C(F)(F)F)c2c1. The lowest BCUT2D eigenvalue weighted by molar-refractivity contribution is -0.264. The molecule has 0 fully saturated rings. The highest BCUT2D eigenvalue weighted by atomic mass is 19.4. The van der Waals surface area contributed by atoms with Crippen molar-refractivity contribution in [1.82, 2.24) is 4.98 Å². The van der Waals surface area contributed by atoms with E-state index >= 15 is 0 Å². The van der Waals surface area contributed by atoms with E-state index in [9.17, 15) is 31.1 Å². The van der Waals surface area contributed by atoms with Gasteiger partial charge in [-0.1, -0.05) is 11.6 Å². The second kappa shape index (κ2) is 4.78. The normalized spacial score (nSPS) is 13.1. The second-order valence-corrected chi connectivity index (χ2v) is 4.63. The van der Waals surface area contributed by atoms with E-state index < -0.39 is 29.6 Å². The number of aromatic nitrogens is 1. The maximum atomic E-state index is 12.6. The molecule has 0 unspecified atom stereocenters. The lowest BCUT2D eigenvalue weighted by Gasteiger charge is -2.21. The topological polar surface area (TPSA) is 32.9 Å². The molecule has 0 saturated heterocycles. The Morgan fingerprint density at radius 3 is 2.19 bits per heavy atom. The molecule has 0 aliphatic rings. The van der Waals surface area contributed by atoms with Crippen LogP contribution in [0.2, 0.25) is 0 Å². The number of ketones is 1. The molecular weight excluding hydrogens is 300 g/mol. The summed E-state index contributed by atoms with van der Waals surface area (Å²) >= 11 is 0. The van der Waals surface area contributed by atoms with Gasteiger partial charge in [0.2, 0.25) is 5.92 Å². The third-order valence-corrected chi connectivity index (χ3v) is 3.02. The van der Waals surface area contributed by atoms with Crippen molar-refractivity contribution in [2.24, 2.45) is 5.92 Å². The number of Topliss-reactive ketones (excluding diaryl/α,β-unsaturated/α-hetero) is 1. The fourth-order valence-electron chi connectivity index (χ4n) is 2.08. The zero-order chi connectivity index (χ0) is 16.0. The molecule has 0 atom stereocenters. The molecule has 1 aromatic heterocycles. The van der Waals surface area contributed by atoms with Crippen molar-refractivity contribution in [2.75, 3.05) is 0 Å². The number of halogens is 6. The largest absolute Gasteiger partial charge is 0.407 e. The third-order valence-electron chi connectivity index (χ3n) is 3.02. The summed E-state index contributed by atoms with van der Waals surface area (Å²) < 4.78 is 75.5. The van der Waals surface area contributed by atoms with Gasteiger partial charge in [0.15, 0.2) is 5.78 Å². The molecule has 2 rings (SSSR count). The van der Waals surface area contributed by atoms with Gasteiger partial charge in [0, 0.05) is 22.7 Å². The predicted octanol–water partition coefficient (Wildman–Crippen LogP) is 4.40. The van der Waals surface area contributed by atoms with Gasteiger partial charge in [-0.15, -0.1) is 0 Å². The van der Waals surface area contributed by atoms with Crippen molar-refractivity contribution < 1.29 is 31.1 Å². The number of aromatic amines is 1. The van der Waals surface area contributed by atoms with Crippen LogP contribution in [-0.4, -0.2) is 23.1 Å². The molecule has 0 radical (unpaired) electrons. The maximum Gasteiger partial charge on any atom is 0.407 e. The number of H-pyrrole nitrogens is 1. The van der Waals surface area contributed by atoms with Crippen LogP contribution in [0, 0.1) is 12.8 Å². The average Bonchev–Trinajstić information content (AvgIpc) is 2.67. The first kappa shape index (κ1) is 15.4. The van der Waals surface area contributed by atoms with E-state index in [1.807, 2.05) is 0 Å². The van der Waals surface area contributed by atoms with Crippen LogP contribution in [0.15, 0.2) is 24.4 Å². The van der Waals surface area contributed by atoms with Gasteiger partial charge < -0.3 is 4.98 Å². The van der Waals surface area contributed by atoms with Crippen molar-refractivity contribution in [3.8, 4) is 0 Å². The van der Waals surface area contributed by atoms with Crippen LogP contribution in [0.3, 0.4) is 0 Å². The van der Waals surface area contributed by atoms with Gasteiger partial charge >= 0.3 is 12.4 Å². The summed E-state index contributed by atoms with van der Waals surface area (Å²) in [5.74, 6) is -6.03. The highest BCUT2D eigenvalue weighted by Crippen LogP contribution is 2.42. The summed E-state index contributed by atoms with van der Waals surface area (Å²) in [4.78, 5) is 14.3. The van der Waals surface area contributed by atoms with Gasteiger partial charge in [-0.3, -0.25) is 4.79 Å². The lowest BCUT2D eigenvalue weighted by Crippen LogP contribution is -2.42. The summed E-state index contributed by atoms with van der Waals surface area (Å²) in [7, 11) is 0. The van der Waals surface area contributed by atoms with Crippen LogP contribution >= 0.6 is 0 Å². The first-order chi connectivity index (χ1) is 9.51. The number of hydrogen-bond acceptors (Lipinski definition) is 1. The van der Waals surface area contributed by atoms with Gasteiger partial charge in [0.25, 0.3) is 0 Å². The highest BCUT2D eigenvalue weighted by molar-refractivity contribution is 6.09. The molecule has 0 saturated carbocycles. The summed E-state index contributed by atoms with van der Waals surface area (Å²) in [6.45, 7) is 1.62. The number of rotatable bonds is 2. The molecule has 2 aromatic rings. The van der Waals surface area contributed by atoms with Crippen molar-refractivity contribution in [1.29, 1.82) is 0 Å². The summed E-state index contributed by atoms with van der Waals surface area (Å²) in [6.07, 6.45) is -10.5. The Morgan fingerprint density at radius 1 is 1.10 bits per heavy atom. The highest BCUT2D eigenvalue weighted by Gasteiger charge is 2.61. The predicted molar refractivity (Wildman–Crippen MR) is 63.0 cm³/mol. The van der Waals surface area contributed by atoms with E-state index in [2.05, 4.69) is 4.98 Å². The van der Waals surface area contributed by atoms with Crippen molar-refractivity contribution in [3.63, 3.8) is 0 Å². The van der Waals surface area contributed by atoms with Crippen LogP contribution in [0.5, 0.6) is 0 Å². The van der Waals surface area contributed by atoms with Crippen molar-refractivity contribution in [2.45, 2.75) is 19.3 Å². The molecular formula is C13H9F6NO. The zero-order valence-electron chi connectivity index (χ0n) is 10.6. The Bertz CT molecular complexity index is 668. The minimum atomic E-state index is -5.69. The fourth-order valence-corrected chi connectivity index (χ4v) is 2.08. The summed E-state index contributed by atoms with van der Waals surface area (Å²) in [5.41, 5.74) is 0.298. The van der Waals surface area contributed by atoms with E-state index in [4.69, 9.17) is 0 Å². The fraction of sp³-hybridized carbons (Fsp3) is 0.308. The van der Waals surface area contributed by atoms with E-state index in [-0.39, 0.29) is 5.39 Å². The number of benzene rings is 1. The van der Waals surface area contributed by atoms with E-state index in [0.717, 1.165) is 6.20 Å². The van der Waals surface area contributed by atoms with Gasteiger partial charge in [0.05, 0.1) is 0 Å². The number of carbonyl (C=O) groups excluding carboxylic acids is 1. The molecule has 0 aliphatic heterocycles. The molecule has 8 heteroatoms. The smallest absolute Gasteiger partial charge is 0.360 e. The minimum absolute atomic E-state index is 0.0403. The van der Waals surface area contributed by atoms with Crippen LogP contribution in [-0.2, 0) is 0 Å². The Balaban J connectivity index is 2.57. The van der Waals surface area contributed by atoms with Gasteiger partial charge in [0.1, 0.15) is 0 Å². The Hall–Kier alpha value is -1.99. The summed E-state index contributed by atoms with van der Waals surface area (Å²) in [6, 6.07) is 4.47. The molecule has 2 nitrogen and oxygen atoms in total. The Labute approximate surface area is 114 Å². The van der Waals surface area contributed by atoms with E-state index in [1.54, 1.807) is 13.0 Å². The molecule has 1 N–H and O–H groups in total. The van der Waals surface area contributed by atoms with Crippen molar-refractivity contribution in [3.05, 3.63) is 35.5 Å². The number of nitrogens with one attached hydrogen (secondary N) is 1. The Morgan fingerprint density at radius 2 is 1.67 bits per heavy atom. The minimum Gasteiger partial charge on any atom is -0.360 e. The van der Waals surface area contributed by atoms with Gasteiger partial charge in [-0.2, -0.15) is 26.3 Å². The monoisotopic (exact) mass is 309 g/mol. The van der Waals surface area contributed by atoms with Crippen LogP contribution in [0.4, 0.5) is 26.3 Å². The standard InChI is InChI=1S/C13H9F6NO/c1-6-2-3-9-7(4-6)8(5-20-9)10(21)11(12(14,15)16)13(17,18)19/h2-5,11,20H,1H3. The number of alkyl halides is 6. The summed E-state index contributed by atoms with van der Waals surface area (Å²) in [5, 5.41) is 0.0403. The number of carbonyl (C=O) groups is 1. The van der Waals surface area contributed by atoms with E-state index in [1.165, 1.54) is 12.1 Å². The number of fused-ring (bicyclic) bond motifs is 1. The average molecular weight is 309 g/mol. The zero-order valence-corrected chi connectivity index (χ0v) is 10.6. The van der Waals surface area contributed by atoms with Gasteiger partial charge in [-0.25, -0.2) is 0 Å². The van der Waals surface area contributed by atoms with Gasteiger partial charge in [-0.05, 0) is 19.1 Å². The van der Waals surface area contributed by atoms with Crippen LogP contribution < -0.4 is 0 Å². The van der Waals surface area contributed by atoms with Crippen LogP contribution in [0.1, 0.15) is 15.9 Å². The first-order valence-electron chi connectivity index (χ1n) is 5.77. The third kappa shape index (κ3) is 2.88. The van der Waals surface area contributed by atoms with E-state index in [0.29, 0.717) is 11.1 Å². The molecule has 21 heavy (non-hydrogen) atoms.